The molecular formula is C13H17N3S. The van der Waals surface area contributed by atoms with E-state index in [0.717, 1.165) is 24.4 Å². The van der Waals surface area contributed by atoms with Crippen molar-refractivity contribution in [2.24, 2.45) is 0 Å². The van der Waals surface area contributed by atoms with Crippen LogP contribution < -0.4 is 5.32 Å². The van der Waals surface area contributed by atoms with E-state index in [1.165, 1.54) is 4.88 Å². The molecule has 0 saturated heterocycles. The number of thiazole rings is 1. The molecule has 0 amide bonds. The summed E-state index contributed by atoms with van der Waals surface area (Å²) < 4.78 is 0. The second-order valence-electron chi connectivity index (χ2n) is 4.04. The van der Waals surface area contributed by atoms with Crippen LogP contribution in [0.2, 0.25) is 0 Å². The molecule has 2 heterocycles. The Balaban J connectivity index is 1.81. The first kappa shape index (κ1) is 12.2. The molecule has 0 aliphatic carbocycles. The van der Waals surface area contributed by atoms with Crippen LogP contribution in [-0.2, 0) is 6.42 Å². The summed E-state index contributed by atoms with van der Waals surface area (Å²) in [5, 5.41) is 3.48. The second kappa shape index (κ2) is 5.89. The van der Waals surface area contributed by atoms with Crippen molar-refractivity contribution in [3.05, 3.63) is 46.2 Å². The minimum absolute atomic E-state index is 0.296. The van der Waals surface area contributed by atoms with Crippen molar-refractivity contribution in [1.29, 1.82) is 0 Å². The first-order chi connectivity index (χ1) is 8.27. The summed E-state index contributed by atoms with van der Waals surface area (Å²) in [5.74, 6) is 0. The molecule has 2 aromatic rings. The lowest BCUT2D eigenvalue weighted by molar-refractivity contribution is 0.565. The molecule has 4 heteroatoms. The van der Waals surface area contributed by atoms with Crippen LogP contribution in [0, 0.1) is 6.92 Å². The molecule has 0 bridgehead atoms. The maximum atomic E-state index is 4.34. The zero-order valence-corrected chi connectivity index (χ0v) is 11.0. The number of nitrogens with zero attached hydrogens (tertiary/aromatic N) is 2. The van der Waals surface area contributed by atoms with Crippen LogP contribution in [0.5, 0.6) is 0 Å². The van der Waals surface area contributed by atoms with Crippen LogP contribution in [-0.4, -0.2) is 16.5 Å². The van der Waals surface area contributed by atoms with Gasteiger partial charge in [-0.05, 0) is 32.4 Å². The summed E-state index contributed by atoms with van der Waals surface area (Å²) in [6, 6.07) is 6.31. The Hall–Kier alpha value is -1.26. The normalized spacial score (nSPS) is 12.6. The van der Waals surface area contributed by atoms with Crippen molar-refractivity contribution in [3.63, 3.8) is 0 Å². The fourth-order valence-electron chi connectivity index (χ4n) is 1.71. The molecule has 90 valence electrons. The molecule has 0 aliphatic heterocycles. The highest BCUT2D eigenvalue weighted by molar-refractivity contribution is 7.09. The standard InChI is InChI=1S/C13H17N3S/c1-10(12-5-3-4-7-15-12)14-8-6-13-11(2)16-9-17-13/h3-5,7,9-10,14H,6,8H2,1-2H3/t10-/m1/s1. The van der Waals surface area contributed by atoms with Gasteiger partial charge in [-0.3, -0.25) is 4.98 Å². The average molecular weight is 247 g/mol. The van der Waals surface area contributed by atoms with E-state index in [-0.39, 0.29) is 0 Å². The fourth-order valence-corrected chi connectivity index (χ4v) is 2.49. The predicted molar refractivity (Wildman–Crippen MR) is 71.2 cm³/mol. The molecule has 0 spiro atoms. The van der Waals surface area contributed by atoms with E-state index in [1.807, 2.05) is 23.8 Å². The summed E-state index contributed by atoms with van der Waals surface area (Å²) in [4.78, 5) is 9.96. The summed E-state index contributed by atoms with van der Waals surface area (Å²) in [5.41, 5.74) is 4.16. The molecule has 1 N–H and O–H groups in total. The van der Waals surface area contributed by atoms with Gasteiger partial charge in [0.15, 0.2) is 0 Å². The number of rotatable bonds is 5. The first-order valence-corrected chi connectivity index (χ1v) is 6.68. The molecule has 0 saturated carbocycles. The highest BCUT2D eigenvalue weighted by Crippen LogP contribution is 2.13. The number of aryl methyl sites for hydroxylation is 1. The lowest BCUT2D eigenvalue weighted by atomic mass is 10.2. The van der Waals surface area contributed by atoms with Gasteiger partial charge in [0, 0.05) is 23.7 Å². The summed E-state index contributed by atoms with van der Waals surface area (Å²) in [7, 11) is 0. The minimum Gasteiger partial charge on any atom is -0.308 e. The first-order valence-electron chi connectivity index (χ1n) is 5.80. The molecule has 3 nitrogen and oxygen atoms in total. The third-order valence-corrected chi connectivity index (χ3v) is 3.77. The highest BCUT2D eigenvalue weighted by atomic mass is 32.1. The third-order valence-electron chi connectivity index (χ3n) is 2.78. The van der Waals surface area contributed by atoms with Gasteiger partial charge >= 0.3 is 0 Å². The monoisotopic (exact) mass is 247 g/mol. The number of hydrogen-bond donors (Lipinski definition) is 1. The zero-order valence-electron chi connectivity index (χ0n) is 10.2. The second-order valence-corrected chi connectivity index (χ2v) is 4.98. The number of pyridine rings is 1. The SMILES string of the molecule is Cc1ncsc1CCN[C@H](C)c1ccccn1. The Bertz CT molecular complexity index is 453. The van der Waals surface area contributed by atoms with Crippen LogP contribution in [0.3, 0.4) is 0 Å². The van der Waals surface area contributed by atoms with Crippen molar-refractivity contribution >= 4 is 11.3 Å². The molecule has 0 aromatic carbocycles. The molecule has 0 fully saturated rings. The number of aromatic nitrogens is 2. The molecule has 1 atom stereocenters. The lowest BCUT2D eigenvalue weighted by Gasteiger charge is -2.12. The summed E-state index contributed by atoms with van der Waals surface area (Å²) in [6.45, 7) is 5.16. The smallest absolute Gasteiger partial charge is 0.0797 e. The largest absolute Gasteiger partial charge is 0.308 e. The number of nitrogens with one attached hydrogen (secondary N) is 1. The van der Waals surface area contributed by atoms with Gasteiger partial charge in [0.25, 0.3) is 0 Å². The van der Waals surface area contributed by atoms with Crippen LogP contribution >= 0.6 is 11.3 Å². The molecule has 0 unspecified atom stereocenters. The van der Waals surface area contributed by atoms with E-state index < -0.39 is 0 Å². The maximum Gasteiger partial charge on any atom is 0.0797 e. The van der Waals surface area contributed by atoms with Crippen LogP contribution in [0.4, 0.5) is 0 Å². The Labute approximate surface area is 106 Å². The van der Waals surface area contributed by atoms with Crippen LogP contribution in [0.25, 0.3) is 0 Å². The molecule has 0 radical (unpaired) electrons. The molecule has 2 rings (SSSR count). The Morgan fingerprint density at radius 1 is 1.35 bits per heavy atom. The van der Waals surface area contributed by atoms with Gasteiger partial charge in [0.1, 0.15) is 0 Å². The predicted octanol–water partition coefficient (Wildman–Crippen LogP) is 2.74. The Morgan fingerprint density at radius 2 is 2.24 bits per heavy atom. The molecule has 17 heavy (non-hydrogen) atoms. The average Bonchev–Trinajstić information content (AvgIpc) is 2.76. The van der Waals surface area contributed by atoms with Crippen LogP contribution in [0.15, 0.2) is 29.9 Å². The lowest BCUT2D eigenvalue weighted by Crippen LogP contribution is -2.22. The van der Waals surface area contributed by atoms with E-state index in [4.69, 9.17) is 0 Å². The zero-order chi connectivity index (χ0) is 12.1. The van der Waals surface area contributed by atoms with E-state index >= 15 is 0 Å². The Morgan fingerprint density at radius 3 is 2.88 bits per heavy atom. The quantitative estimate of drug-likeness (QED) is 0.883. The van der Waals surface area contributed by atoms with Crippen molar-refractivity contribution < 1.29 is 0 Å². The van der Waals surface area contributed by atoms with E-state index in [1.54, 1.807) is 11.3 Å². The third kappa shape index (κ3) is 3.35. The molecular weight excluding hydrogens is 230 g/mol. The topological polar surface area (TPSA) is 37.8 Å². The van der Waals surface area contributed by atoms with Gasteiger partial charge in [0.2, 0.25) is 0 Å². The van der Waals surface area contributed by atoms with Gasteiger partial charge in [-0.15, -0.1) is 11.3 Å². The van der Waals surface area contributed by atoms with Crippen molar-refractivity contribution in [1.82, 2.24) is 15.3 Å². The van der Waals surface area contributed by atoms with Gasteiger partial charge in [0.05, 0.1) is 16.9 Å². The van der Waals surface area contributed by atoms with E-state index in [9.17, 15) is 0 Å². The molecule has 2 aromatic heterocycles. The van der Waals surface area contributed by atoms with Crippen molar-refractivity contribution in [2.45, 2.75) is 26.3 Å². The molecule has 0 aliphatic rings. The number of hydrogen-bond acceptors (Lipinski definition) is 4. The highest BCUT2D eigenvalue weighted by Gasteiger charge is 2.06. The van der Waals surface area contributed by atoms with Crippen molar-refractivity contribution in [3.8, 4) is 0 Å². The van der Waals surface area contributed by atoms with Gasteiger partial charge < -0.3 is 5.32 Å². The maximum absolute atomic E-state index is 4.34. The van der Waals surface area contributed by atoms with E-state index in [0.29, 0.717) is 6.04 Å². The summed E-state index contributed by atoms with van der Waals surface area (Å²) >= 11 is 1.73. The van der Waals surface area contributed by atoms with E-state index in [2.05, 4.69) is 35.2 Å². The van der Waals surface area contributed by atoms with Gasteiger partial charge in [-0.1, -0.05) is 6.07 Å². The Kier molecular flexibility index (Phi) is 4.23. The van der Waals surface area contributed by atoms with Crippen molar-refractivity contribution in [2.75, 3.05) is 6.54 Å². The van der Waals surface area contributed by atoms with Gasteiger partial charge in [-0.25, -0.2) is 4.98 Å². The van der Waals surface area contributed by atoms with Crippen LogP contribution in [0.1, 0.15) is 29.2 Å². The van der Waals surface area contributed by atoms with Gasteiger partial charge in [-0.2, -0.15) is 0 Å². The fraction of sp³-hybridized carbons (Fsp3) is 0.385. The summed E-state index contributed by atoms with van der Waals surface area (Å²) in [6.07, 6.45) is 2.87. The minimum atomic E-state index is 0.296.